The maximum Gasteiger partial charge on any atom is 0.269 e. The predicted octanol–water partition coefficient (Wildman–Crippen LogP) is 3.15. The Balaban J connectivity index is 1.40. The summed E-state index contributed by atoms with van der Waals surface area (Å²) in [7, 11) is -3.82. The lowest BCUT2D eigenvalue weighted by Gasteiger charge is -2.14. The normalized spacial score (nSPS) is 14.4. The number of nitrogens with zero attached hydrogens (tertiary/aromatic N) is 1. The highest BCUT2D eigenvalue weighted by Crippen LogP contribution is 2.30. The van der Waals surface area contributed by atoms with E-state index in [0.717, 1.165) is 34.9 Å². The zero-order valence-corrected chi connectivity index (χ0v) is 18.5. The minimum absolute atomic E-state index is 0.00852. The van der Waals surface area contributed by atoms with Crippen LogP contribution < -0.4 is 10.1 Å². The summed E-state index contributed by atoms with van der Waals surface area (Å²) in [4.78, 5) is 24.5. The Hall–Kier alpha value is -2.87. The Morgan fingerprint density at radius 1 is 1.06 bits per heavy atom. The Bertz CT molecular complexity index is 1040. The van der Waals surface area contributed by atoms with Crippen LogP contribution in [0.2, 0.25) is 0 Å². The summed E-state index contributed by atoms with van der Waals surface area (Å²) in [6.07, 6.45) is 2.94. The number of para-hydroxylation sites is 1. The first-order chi connectivity index (χ1) is 14.9. The molecule has 1 heterocycles. The fourth-order valence-corrected chi connectivity index (χ4v) is 5.10. The zero-order chi connectivity index (χ0) is 22.3. The van der Waals surface area contributed by atoms with Gasteiger partial charge in [0.15, 0.2) is 0 Å². The Kier molecular flexibility index (Phi) is 7.68. The molecule has 8 heteroatoms. The van der Waals surface area contributed by atoms with Crippen LogP contribution in [0.4, 0.5) is 0 Å². The van der Waals surface area contributed by atoms with E-state index in [9.17, 15) is 18.0 Å². The van der Waals surface area contributed by atoms with Gasteiger partial charge in [0, 0.05) is 19.5 Å². The number of aryl methyl sites for hydroxylation is 1. The first-order valence-electron chi connectivity index (χ1n) is 10.6. The van der Waals surface area contributed by atoms with Crippen LogP contribution in [0.3, 0.4) is 0 Å². The molecule has 0 atom stereocenters. The van der Waals surface area contributed by atoms with Gasteiger partial charge in [0.25, 0.3) is 15.9 Å². The molecule has 7 nitrogen and oxygen atoms in total. The van der Waals surface area contributed by atoms with Crippen LogP contribution in [0.25, 0.3) is 0 Å². The van der Waals surface area contributed by atoms with E-state index in [-0.39, 0.29) is 35.8 Å². The molecule has 0 aromatic heterocycles. The number of hydrogen-bond acceptors (Lipinski definition) is 5. The maximum absolute atomic E-state index is 12.5. The number of nitrogens with one attached hydrogen (secondary N) is 1. The molecule has 2 aromatic carbocycles. The SMILES string of the molecule is CCCOc1ccccc1CCCNC(=O)CCCN1C(=O)c2ccccc2S1(=O)=O. The molecule has 166 valence electrons. The largest absolute Gasteiger partial charge is 0.493 e. The van der Waals surface area contributed by atoms with Crippen molar-refractivity contribution >= 4 is 21.8 Å². The van der Waals surface area contributed by atoms with Crippen LogP contribution in [0.5, 0.6) is 5.75 Å². The van der Waals surface area contributed by atoms with Crippen LogP contribution in [0, 0.1) is 0 Å². The summed E-state index contributed by atoms with van der Waals surface area (Å²) < 4.78 is 31.6. The number of ether oxygens (including phenoxy) is 1. The van der Waals surface area contributed by atoms with Gasteiger partial charge < -0.3 is 10.1 Å². The van der Waals surface area contributed by atoms with Crippen LogP contribution in [0.1, 0.15) is 48.5 Å². The summed E-state index contributed by atoms with van der Waals surface area (Å²) in [6.45, 7) is 3.25. The molecule has 0 fully saturated rings. The van der Waals surface area contributed by atoms with Crippen molar-refractivity contribution in [1.29, 1.82) is 0 Å². The molecule has 0 aliphatic carbocycles. The highest BCUT2D eigenvalue weighted by Gasteiger charge is 2.40. The van der Waals surface area contributed by atoms with Gasteiger partial charge in [0.1, 0.15) is 10.6 Å². The number of sulfonamides is 1. The van der Waals surface area contributed by atoms with E-state index < -0.39 is 15.9 Å². The van der Waals surface area contributed by atoms with Crippen molar-refractivity contribution in [3.63, 3.8) is 0 Å². The van der Waals surface area contributed by atoms with Gasteiger partial charge in [-0.2, -0.15) is 0 Å². The molecule has 0 radical (unpaired) electrons. The lowest BCUT2D eigenvalue weighted by molar-refractivity contribution is -0.121. The molecule has 2 aromatic rings. The quantitative estimate of drug-likeness (QED) is 0.538. The smallest absolute Gasteiger partial charge is 0.269 e. The zero-order valence-electron chi connectivity index (χ0n) is 17.7. The van der Waals surface area contributed by atoms with Crippen LogP contribution in [0.15, 0.2) is 53.4 Å². The second-order valence-electron chi connectivity index (χ2n) is 7.39. The molecule has 0 unspecified atom stereocenters. The summed E-state index contributed by atoms with van der Waals surface area (Å²) in [5, 5.41) is 2.86. The Labute approximate surface area is 183 Å². The first-order valence-corrected chi connectivity index (χ1v) is 12.0. The number of amides is 2. The van der Waals surface area contributed by atoms with E-state index in [2.05, 4.69) is 12.2 Å². The topological polar surface area (TPSA) is 92.8 Å². The van der Waals surface area contributed by atoms with E-state index in [1.807, 2.05) is 24.3 Å². The number of rotatable bonds is 11. The van der Waals surface area contributed by atoms with Crippen molar-refractivity contribution in [2.75, 3.05) is 19.7 Å². The monoisotopic (exact) mass is 444 g/mol. The standard InChI is InChI=1S/C23H28N2O5S/c1-2-17-30-20-12-5-3-9-18(20)10-7-15-24-22(26)14-8-16-25-23(27)19-11-4-6-13-21(19)31(25,28)29/h3-6,9,11-13H,2,7-8,10,14-17H2,1H3,(H,24,26). The molecular formula is C23H28N2O5S. The highest BCUT2D eigenvalue weighted by molar-refractivity contribution is 7.90. The van der Waals surface area contributed by atoms with Crippen molar-refractivity contribution in [3.05, 3.63) is 59.7 Å². The minimum Gasteiger partial charge on any atom is -0.493 e. The van der Waals surface area contributed by atoms with Crippen molar-refractivity contribution in [2.24, 2.45) is 0 Å². The molecular weight excluding hydrogens is 416 g/mol. The molecule has 1 aliphatic rings. The summed E-state index contributed by atoms with van der Waals surface area (Å²) in [5.41, 5.74) is 1.30. The number of hydrogen-bond donors (Lipinski definition) is 1. The van der Waals surface area contributed by atoms with Gasteiger partial charge in [-0.05, 0) is 49.4 Å². The summed E-state index contributed by atoms with van der Waals surface area (Å²) >= 11 is 0. The van der Waals surface area contributed by atoms with Gasteiger partial charge in [0.05, 0.1) is 12.2 Å². The summed E-state index contributed by atoms with van der Waals surface area (Å²) in [6, 6.07) is 14.1. The van der Waals surface area contributed by atoms with Gasteiger partial charge in [-0.1, -0.05) is 37.3 Å². The van der Waals surface area contributed by atoms with E-state index in [4.69, 9.17) is 4.74 Å². The molecule has 0 saturated carbocycles. The van der Waals surface area contributed by atoms with Crippen LogP contribution in [-0.2, 0) is 21.2 Å². The lowest BCUT2D eigenvalue weighted by Crippen LogP contribution is -2.32. The lowest BCUT2D eigenvalue weighted by atomic mass is 10.1. The average Bonchev–Trinajstić information content (AvgIpc) is 2.96. The predicted molar refractivity (Wildman–Crippen MR) is 117 cm³/mol. The molecule has 0 saturated heterocycles. The summed E-state index contributed by atoms with van der Waals surface area (Å²) in [5.74, 6) is 0.199. The molecule has 2 amide bonds. The van der Waals surface area contributed by atoms with E-state index in [1.165, 1.54) is 12.1 Å². The van der Waals surface area contributed by atoms with Gasteiger partial charge in [0.2, 0.25) is 5.91 Å². The van der Waals surface area contributed by atoms with Crippen molar-refractivity contribution in [2.45, 2.75) is 43.9 Å². The molecule has 0 bridgehead atoms. The molecule has 3 rings (SSSR count). The number of carbonyl (C=O) groups is 2. The van der Waals surface area contributed by atoms with Gasteiger partial charge in [-0.3, -0.25) is 9.59 Å². The van der Waals surface area contributed by atoms with Crippen LogP contribution >= 0.6 is 0 Å². The first kappa shape index (κ1) is 22.8. The number of benzene rings is 2. The third-order valence-corrected chi connectivity index (χ3v) is 6.90. The van der Waals surface area contributed by atoms with Crippen LogP contribution in [-0.4, -0.2) is 44.2 Å². The maximum atomic E-state index is 12.5. The second kappa shape index (κ2) is 10.4. The van der Waals surface area contributed by atoms with Crippen molar-refractivity contribution in [1.82, 2.24) is 9.62 Å². The third-order valence-electron chi connectivity index (χ3n) is 5.06. The third kappa shape index (κ3) is 5.44. The van der Waals surface area contributed by atoms with E-state index >= 15 is 0 Å². The van der Waals surface area contributed by atoms with Crippen molar-refractivity contribution in [3.8, 4) is 5.75 Å². The fourth-order valence-electron chi connectivity index (χ4n) is 3.49. The average molecular weight is 445 g/mol. The Morgan fingerprint density at radius 3 is 2.58 bits per heavy atom. The Morgan fingerprint density at radius 2 is 1.81 bits per heavy atom. The highest BCUT2D eigenvalue weighted by atomic mass is 32.2. The fraction of sp³-hybridized carbons (Fsp3) is 0.391. The molecule has 1 N–H and O–H groups in total. The van der Waals surface area contributed by atoms with Gasteiger partial charge >= 0.3 is 0 Å². The molecule has 31 heavy (non-hydrogen) atoms. The minimum atomic E-state index is -3.82. The number of carbonyl (C=O) groups excluding carboxylic acids is 2. The number of fused-ring (bicyclic) bond motifs is 1. The molecule has 1 aliphatic heterocycles. The van der Waals surface area contributed by atoms with E-state index in [0.29, 0.717) is 13.2 Å². The second-order valence-corrected chi connectivity index (χ2v) is 9.22. The van der Waals surface area contributed by atoms with E-state index in [1.54, 1.807) is 12.1 Å². The molecule has 0 spiro atoms. The van der Waals surface area contributed by atoms with Crippen molar-refractivity contribution < 1.29 is 22.7 Å². The van der Waals surface area contributed by atoms with Gasteiger partial charge in [-0.25, -0.2) is 12.7 Å². The van der Waals surface area contributed by atoms with Gasteiger partial charge in [-0.15, -0.1) is 0 Å².